The minimum atomic E-state index is -0.640. The molecule has 3 aromatic heterocycles. The average Bonchev–Trinajstić information content (AvgIpc) is 3.70. The van der Waals surface area contributed by atoms with Crippen LogP contribution in [0.15, 0.2) is 53.6 Å². The summed E-state index contributed by atoms with van der Waals surface area (Å²) in [6.07, 6.45) is 7.95. The van der Waals surface area contributed by atoms with E-state index in [9.17, 15) is 14.4 Å². The molecule has 4 aromatic rings. The number of hydrogen-bond donors (Lipinski definition) is 1. The first kappa shape index (κ1) is 24.4. The predicted molar refractivity (Wildman–Crippen MR) is 145 cm³/mol. The Hall–Kier alpha value is -3.98. The van der Waals surface area contributed by atoms with Crippen LogP contribution in [0.5, 0.6) is 5.75 Å². The summed E-state index contributed by atoms with van der Waals surface area (Å²) in [7, 11) is 2.89. The number of nitrogens with one attached hydrogen (secondary N) is 1. The van der Waals surface area contributed by atoms with Gasteiger partial charge < -0.3 is 19.4 Å². The van der Waals surface area contributed by atoms with E-state index in [1.807, 2.05) is 10.6 Å². The molecule has 0 radical (unpaired) electrons. The van der Waals surface area contributed by atoms with Crippen molar-refractivity contribution in [1.29, 1.82) is 0 Å². The van der Waals surface area contributed by atoms with Gasteiger partial charge >= 0.3 is 5.97 Å². The van der Waals surface area contributed by atoms with Crippen molar-refractivity contribution < 1.29 is 19.1 Å². The molecule has 1 fully saturated rings. The number of methoxy groups -OCH3 is 2. The molecular weight excluding hydrogens is 502 g/mol. The number of carbonyl (C=O) groups is 2. The highest BCUT2D eigenvalue weighted by Crippen LogP contribution is 2.46. The third-order valence-corrected chi connectivity index (χ3v) is 8.52. The first-order valence-electron chi connectivity index (χ1n) is 12.7. The van der Waals surface area contributed by atoms with Crippen LogP contribution in [-0.2, 0) is 11.2 Å². The van der Waals surface area contributed by atoms with Crippen LogP contribution in [0.3, 0.4) is 0 Å². The van der Waals surface area contributed by atoms with Crippen LogP contribution in [0.25, 0.3) is 21.3 Å². The van der Waals surface area contributed by atoms with Crippen molar-refractivity contribution in [2.45, 2.75) is 44.2 Å². The summed E-state index contributed by atoms with van der Waals surface area (Å²) in [6, 6.07) is 11.2. The van der Waals surface area contributed by atoms with Gasteiger partial charge in [-0.25, -0.2) is 4.79 Å². The van der Waals surface area contributed by atoms with E-state index in [1.54, 1.807) is 55.1 Å². The van der Waals surface area contributed by atoms with Crippen LogP contribution in [0, 0.1) is 0 Å². The normalized spacial score (nSPS) is 16.6. The van der Waals surface area contributed by atoms with E-state index in [1.165, 1.54) is 12.0 Å². The quantitative estimate of drug-likeness (QED) is 0.351. The van der Waals surface area contributed by atoms with Crippen molar-refractivity contribution in [3.05, 3.63) is 80.7 Å². The van der Waals surface area contributed by atoms with E-state index < -0.39 is 5.97 Å². The third kappa shape index (κ3) is 4.16. The number of aromatic nitrogens is 2. The molecule has 9 heteroatoms. The zero-order chi connectivity index (χ0) is 26.4. The number of carbonyl (C=O) groups excluding carboxylic acids is 2. The molecule has 8 nitrogen and oxygen atoms in total. The van der Waals surface area contributed by atoms with Crippen LogP contribution in [-0.4, -0.2) is 35.6 Å². The zero-order valence-electron chi connectivity index (χ0n) is 21.2. The fourth-order valence-electron chi connectivity index (χ4n) is 5.28. The standard InChI is InChI=1S/C29H27N3O5S/c1-36-27-17(11-12-18-25(27)32(16-9-10-16)15-20(26(18)33)29(35)37-2)24-14-19-21(7-5-8-23(19)38-24)31-28(34)22-6-3-4-13-30-22/h3-4,6,11-16,21H,5,7-10H2,1-2H3,(H,31,34). The smallest absolute Gasteiger partial charge is 0.343 e. The second-order valence-corrected chi connectivity index (χ2v) is 10.8. The van der Waals surface area contributed by atoms with E-state index in [0.717, 1.165) is 48.1 Å². The van der Waals surface area contributed by atoms with E-state index >= 15 is 0 Å². The Labute approximate surface area is 223 Å². The molecule has 1 unspecified atom stereocenters. The lowest BCUT2D eigenvalue weighted by Gasteiger charge is -2.23. The molecule has 0 aliphatic heterocycles. The van der Waals surface area contributed by atoms with Crippen molar-refractivity contribution in [1.82, 2.24) is 14.9 Å². The summed E-state index contributed by atoms with van der Waals surface area (Å²) in [4.78, 5) is 44.8. The minimum Gasteiger partial charge on any atom is -0.494 e. The zero-order valence-corrected chi connectivity index (χ0v) is 22.0. The van der Waals surface area contributed by atoms with Crippen molar-refractivity contribution in [3.8, 4) is 16.2 Å². The van der Waals surface area contributed by atoms with Crippen LogP contribution >= 0.6 is 11.3 Å². The number of rotatable bonds is 6. The minimum absolute atomic E-state index is 0.0276. The lowest BCUT2D eigenvalue weighted by molar-refractivity contribution is 0.0598. The molecule has 1 N–H and O–H groups in total. The van der Waals surface area contributed by atoms with E-state index in [-0.39, 0.29) is 29.0 Å². The van der Waals surface area contributed by atoms with Gasteiger partial charge in [0.1, 0.15) is 11.3 Å². The molecule has 1 saturated carbocycles. The topological polar surface area (TPSA) is 99.5 Å². The third-order valence-electron chi connectivity index (χ3n) is 7.28. The van der Waals surface area contributed by atoms with Crippen molar-refractivity contribution in [2.75, 3.05) is 14.2 Å². The fraction of sp³-hybridized carbons (Fsp3) is 0.310. The summed E-state index contributed by atoms with van der Waals surface area (Å²) in [5, 5.41) is 3.59. The number of ether oxygens (including phenoxy) is 2. The molecule has 194 valence electrons. The monoisotopic (exact) mass is 529 g/mol. The van der Waals surface area contributed by atoms with Crippen LogP contribution in [0.2, 0.25) is 0 Å². The number of aryl methyl sites for hydroxylation is 1. The number of thiophene rings is 1. The number of nitrogens with zero attached hydrogens (tertiary/aromatic N) is 2. The van der Waals surface area contributed by atoms with Gasteiger partial charge in [0.2, 0.25) is 5.43 Å². The average molecular weight is 530 g/mol. The number of pyridine rings is 2. The summed E-state index contributed by atoms with van der Waals surface area (Å²) >= 11 is 1.69. The number of amides is 1. The Morgan fingerprint density at radius 3 is 2.68 bits per heavy atom. The van der Waals surface area contributed by atoms with E-state index in [4.69, 9.17) is 9.47 Å². The maximum absolute atomic E-state index is 13.2. The summed E-state index contributed by atoms with van der Waals surface area (Å²) in [5.41, 5.74) is 2.75. The summed E-state index contributed by atoms with van der Waals surface area (Å²) < 4.78 is 12.8. The molecule has 0 saturated heterocycles. The van der Waals surface area contributed by atoms with E-state index in [0.29, 0.717) is 22.3 Å². The molecule has 1 atom stereocenters. The molecule has 2 aliphatic carbocycles. The highest BCUT2D eigenvalue weighted by molar-refractivity contribution is 7.15. The summed E-state index contributed by atoms with van der Waals surface area (Å²) in [5.74, 6) is -0.219. The molecule has 2 aliphatic rings. The number of hydrogen-bond acceptors (Lipinski definition) is 7. The first-order chi connectivity index (χ1) is 18.5. The molecule has 6 rings (SSSR count). The van der Waals surface area contributed by atoms with Gasteiger partial charge in [0.15, 0.2) is 5.75 Å². The van der Waals surface area contributed by atoms with Crippen LogP contribution in [0.4, 0.5) is 0 Å². The van der Waals surface area contributed by atoms with Crippen molar-refractivity contribution in [2.24, 2.45) is 0 Å². The Balaban J connectivity index is 1.44. The van der Waals surface area contributed by atoms with Crippen LogP contribution < -0.4 is 15.5 Å². The Morgan fingerprint density at radius 1 is 1.13 bits per heavy atom. The summed E-state index contributed by atoms with van der Waals surface area (Å²) in [6.45, 7) is 0. The van der Waals surface area contributed by atoms with Gasteiger partial charge in [-0.3, -0.25) is 14.6 Å². The van der Waals surface area contributed by atoms with Gasteiger partial charge in [0.05, 0.1) is 31.2 Å². The Kier molecular flexibility index (Phi) is 6.23. The second-order valence-electron chi connectivity index (χ2n) is 9.67. The SMILES string of the molecule is COC(=O)c1cn(C2CC2)c2c(OC)c(-c3cc4c(s3)CCCC4NC(=O)c3ccccn3)ccc2c1=O. The first-order valence-corrected chi connectivity index (χ1v) is 13.5. The molecule has 1 aromatic carbocycles. The van der Waals surface area contributed by atoms with Crippen LogP contribution in [0.1, 0.15) is 69.1 Å². The number of benzene rings is 1. The number of fused-ring (bicyclic) bond motifs is 2. The second kappa shape index (κ2) is 9.72. The van der Waals surface area contributed by atoms with Crippen molar-refractivity contribution >= 4 is 34.1 Å². The Morgan fingerprint density at radius 2 is 1.97 bits per heavy atom. The Bertz CT molecular complexity index is 1620. The maximum Gasteiger partial charge on any atom is 0.343 e. The molecule has 0 spiro atoms. The maximum atomic E-state index is 13.2. The van der Waals surface area contributed by atoms with Gasteiger partial charge in [-0.1, -0.05) is 6.07 Å². The lowest BCUT2D eigenvalue weighted by Crippen LogP contribution is -2.30. The molecule has 0 bridgehead atoms. The van der Waals surface area contributed by atoms with Gasteiger partial charge in [-0.05, 0) is 68.0 Å². The van der Waals surface area contributed by atoms with Gasteiger partial charge in [-0.2, -0.15) is 0 Å². The highest BCUT2D eigenvalue weighted by atomic mass is 32.1. The molecule has 3 heterocycles. The molecule has 1 amide bonds. The highest BCUT2D eigenvalue weighted by Gasteiger charge is 2.31. The van der Waals surface area contributed by atoms with Gasteiger partial charge in [0, 0.05) is 33.8 Å². The molecule has 38 heavy (non-hydrogen) atoms. The number of esters is 1. The van der Waals surface area contributed by atoms with E-state index in [2.05, 4.69) is 16.4 Å². The predicted octanol–water partition coefficient (Wildman–Crippen LogP) is 5.06. The largest absolute Gasteiger partial charge is 0.494 e. The van der Waals surface area contributed by atoms with Gasteiger partial charge in [0.25, 0.3) is 5.91 Å². The molecular formula is C29H27N3O5S. The van der Waals surface area contributed by atoms with Crippen molar-refractivity contribution in [3.63, 3.8) is 0 Å². The fourth-order valence-corrected chi connectivity index (χ4v) is 6.57. The lowest BCUT2D eigenvalue weighted by atomic mass is 9.93. The van der Waals surface area contributed by atoms with Gasteiger partial charge in [-0.15, -0.1) is 11.3 Å².